The molecular weight excluding hydrogens is 274 g/mol. The summed E-state index contributed by atoms with van der Waals surface area (Å²) in [4.78, 5) is 16.5. The average Bonchev–Trinajstić information content (AvgIpc) is 3.10. The van der Waals surface area contributed by atoms with Crippen molar-refractivity contribution < 1.29 is 9.69 Å². The van der Waals surface area contributed by atoms with E-state index in [9.17, 15) is 4.79 Å². The lowest BCUT2D eigenvalue weighted by Crippen LogP contribution is -3.14. The number of para-hydroxylation sites is 2. The van der Waals surface area contributed by atoms with Crippen molar-refractivity contribution in [3.63, 3.8) is 0 Å². The van der Waals surface area contributed by atoms with E-state index >= 15 is 0 Å². The van der Waals surface area contributed by atoms with Crippen LogP contribution in [-0.2, 0) is 4.79 Å². The van der Waals surface area contributed by atoms with E-state index in [0.717, 1.165) is 31.6 Å². The maximum atomic E-state index is 12.4. The number of carbonyl (C=O) groups is 1. The highest BCUT2D eigenvalue weighted by Crippen LogP contribution is 2.29. The molecule has 1 aliphatic heterocycles. The van der Waals surface area contributed by atoms with Crippen molar-refractivity contribution in [1.82, 2.24) is 0 Å². The van der Waals surface area contributed by atoms with Gasteiger partial charge in [-0.15, -0.1) is 0 Å². The van der Waals surface area contributed by atoms with Gasteiger partial charge in [-0.25, -0.2) is 0 Å². The highest BCUT2D eigenvalue weighted by Gasteiger charge is 2.25. The second-order valence-electron chi connectivity index (χ2n) is 6.58. The van der Waals surface area contributed by atoms with Crippen LogP contribution in [-0.4, -0.2) is 38.6 Å². The van der Waals surface area contributed by atoms with Gasteiger partial charge in [-0.2, -0.15) is 0 Å². The van der Waals surface area contributed by atoms with Gasteiger partial charge in [0.2, 0.25) is 5.91 Å². The van der Waals surface area contributed by atoms with E-state index in [0.29, 0.717) is 0 Å². The maximum absolute atomic E-state index is 12.4. The zero-order valence-electron chi connectivity index (χ0n) is 13.6. The Morgan fingerprint density at radius 2 is 1.91 bits per heavy atom. The van der Waals surface area contributed by atoms with Crippen molar-refractivity contribution in [3.05, 3.63) is 24.3 Å². The first-order valence-corrected chi connectivity index (χ1v) is 8.76. The Labute approximate surface area is 133 Å². The molecule has 2 N–H and O–H groups in total. The first-order valence-electron chi connectivity index (χ1n) is 8.76. The number of rotatable bonds is 4. The molecule has 0 atom stereocenters. The zero-order valence-corrected chi connectivity index (χ0v) is 13.6. The van der Waals surface area contributed by atoms with E-state index in [4.69, 9.17) is 0 Å². The first-order chi connectivity index (χ1) is 10.8. The SMILES string of the molecule is CC[NH+]1CCN(c2ccccc2NC(=O)C2CCCC2)CC1. The smallest absolute Gasteiger partial charge is 0.227 e. The molecule has 0 spiro atoms. The standard InChI is InChI=1S/C18H27N3O/c1-2-20-11-13-21(14-12-20)17-10-6-5-9-16(17)19-18(22)15-7-3-4-8-15/h5-6,9-10,15H,2-4,7-8,11-14H2,1H3,(H,19,22)/p+1. The summed E-state index contributed by atoms with van der Waals surface area (Å²) < 4.78 is 0. The molecule has 0 bridgehead atoms. The minimum atomic E-state index is 0.211. The molecule has 0 aromatic heterocycles. The van der Waals surface area contributed by atoms with Crippen molar-refractivity contribution in [2.45, 2.75) is 32.6 Å². The van der Waals surface area contributed by atoms with Crippen molar-refractivity contribution in [2.24, 2.45) is 5.92 Å². The highest BCUT2D eigenvalue weighted by molar-refractivity contribution is 5.96. The summed E-state index contributed by atoms with van der Waals surface area (Å²) in [5, 5.41) is 3.19. The van der Waals surface area contributed by atoms with Crippen molar-refractivity contribution >= 4 is 17.3 Å². The number of benzene rings is 1. The summed E-state index contributed by atoms with van der Waals surface area (Å²) in [6.45, 7) is 7.95. The third-order valence-electron chi connectivity index (χ3n) is 5.20. The molecule has 4 heteroatoms. The number of piperazine rings is 1. The quantitative estimate of drug-likeness (QED) is 0.885. The average molecular weight is 302 g/mol. The van der Waals surface area contributed by atoms with Gasteiger partial charge >= 0.3 is 0 Å². The van der Waals surface area contributed by atoms with Crippen molar-refractivity contribution in [2.75, 3.05) is 42.9 Å². The third-order valence-corrected chi connectivity index (χ3v) is 5.20. The summed E-state index contributed by atoms with van der Waals surface area (Å²) >= 11 is 0. The Bertz CT molecular complexity index is 503. The molecule has 1 aliphatic carbocycles. The lowest BCUT2D eigenvalue weighted by Gasteiger charge is -2.34. The molecule has 3 rings (SSSR count). The Kier molecular flexibility index (Phi) is 4.98. The number of hydrogen-bond acceptors (Lipinski definition) is 2. The van der Waals surface area contributed by atoms with E-state index in [1.165, 1.54) is 38.2 Å². The monoisotopic (exact) mass is 302 g/mol. The molecule has 2 fully saturated rings. The Hall–Kier alpha value is -1.55. The number of nitrogens with zero attached hydrogens (tertiary/aromatic N) is 1. The fourth-order valence-corrected chi connectivity index (χ4v) is 3.70. The second-order valence-corrected chi connectivity index (χ2v) is 6.58. The number of carbonyl (C=O) groups excluding carboxylic acids is 1. The van der Waals surface area contributed by atoms with E-state index in [-0.39, 0.29) is 11.8 Å². The Morgan fingerprint density at radius 1 is 1.23 bits per heavy atom. The van der Waals surface area contributed by atoms with Crippen LogP contribution in [0.2, 0.25) is 0 Å². The molecule has 1 amide bonds. The molecule has 2 aliphatic rings. The van der Waals surface area contributed by atoms with Gasteiger partial charge in [0.15, 0.2) is 0 Å². The van der Waals surface area contributed by atoms with Crippen LogP contribution in [0.1, 0.15) is 32.6 Å². The molecule has 4 nitrogen and oxygen atoms in total. The first kappa shape index (κ1) is 15.3. The molecule has 1 heterocycles. The molecule has 1 aromatic carbocycles. The van der Waals surface area contributed by atoms with Crippen molar-refractivity contribution in [1.29, 1.82) is 0 Å². The number of amides is 1. The van der Waals surface area contributed by atoms with E-state index in [1.54, 1.807) is 4.90 Å². The van der Waals surface area contributed by atoms with Gasteiger partial charge in [0.1, 0.15) is 0 Å². The van der Waals surface area contributed by atoms with Gasteiger partial charge in [-0.3, -0.25) is 4.79 Å². The highest BCUT2D eigenvalue weighted by atomic mass is 16.1. The van der Waals surface area contributed by atoms with Crippen LogP contribution < -0.4 is 15.1 Å². The lowest BCUT2D eigenvalue weighted by atomic mass is 10.1. The maximum Gasteiger partial charge on any atom is 0.227 e. The molecule has 1 saturated carbocycles. The van der Waals surface area contributed by atoms with Gasteiger partial charge in [-0.1, -0.05) is 25.0 Å². The number of quaternary nitrogens is 1. The van der Waals surface area contributed by atoms with E-state index in [1.807, 2.05) is 12.1 Å². The fraction of sp³-hybridized carbons (Fsp3) is 0.611. The zero-order chi connectivity index (χ0) is 15.4. The molecule has 120 valence electrons. The van der Waals surface area contributed by atoms with Gasteiger partial charge < -0.3 is 15.1 Å². The van der Waals surface area contributed by atoms with Crippen LogP contribution in [0.25, 0.3) is 0 Å². The molecule has 0 unspecified atom stereocenters. The molecule has 0 radical (unpaired) electrons. The molecule has 22 heavy (non-hydrogen) atoms. The minimum Gasteiger partial charge on any atom is -0.359 e. The van der Waals surface area contributed by atoms with Crippen LogP contribution in [0.4, 0.5) is 11.4 Å². The van der Waals surface area contributed by atoms with Crippen LogP contribution in [0, 0.1) is 5.92 Å². The number of likely N-dealkylation sites (N-methyl/N-ethyl adjacent to an activating group) is 1. The number of nitrogens with one attached hydrogen (secondary N) is 2. The number of anilines is 2. The summed E-state index contributed by atoms with van der Waals surface area (Å²) in [6, 6.07) is 8.27. The van der Waals surface area contributed by atoms with E-state index < -0.39 is 0 Å². The Morgan fingerprint density at radius 3 is 2.59 bits per heavy atom. The normalized spacial score (nSPS) is 20.3. The predicted molar refractivity (Wildman–Crippen MR) is 90.5 cm³/mol. The van der Waals surface area contributed by atoms with Crippen LogP contribution in [0.15, 0.2) is 24.3 Å². The Balaban J connectivity index is 1.68. The predicted octanol–water partition coefficient (Wildman–Crippen LogP) is 1.54. The lowest BCUT2D eigenvalue weighted by molar-refractivity contribution is -0.898. The van der Waals surface area contributed by atoms with E-state index in [2.05, 4.69) is 29.3 Å². The topological polar surface area (TPSA) is 36.8 Å². The number of hydrogen-bond donors (Lipinski definition) is 2. The summed E-state index contributed by atoms with van der Waals surface area (Å²) in [6.07, 6.45) is 4.49. The van der Waals surface area contributed by atoms with Gasteiger partial charge in [0.05, 0.1) is 44.1 Å². The second kappa shape index (κ2) is 7.14. The molecule has 1 saturated heterocycles. The molecular formula is C18H28N3O+. The largest absolute Gasteiger partial charge is 0.359 e. The minimum absolute atomic E-state index is 0.211. The van der Waals surface area contributed by atoms with Gasteiger partial charge in [0, 0.05) is 5.92 Å². The fourth-order valence-electron chi connectivity index (χ4n) is 3.70. The summed E-state index contributed by atoms with van der Waals surface area (Å²) in [7, 11) is 0. The third kappa shape index (κ3) is 3.43. The van der Waals surface area contributed by atoms with Gasteiger partial charge in [-0.05, 0) is 31.9 Å². The van der Waals surface area contributed by atoms with Crippen LogP contribution in [0.3, 0.4) is 0 Å². The van der Waals surface area contributed by atoms with Crippen molar-refractivity contribution in [3.8, 4) is 0 Å². The van der Waals surface area contributed by atoms with Crippen LogP contribution in [0.5, 0.6) is 0 Å². The molecule has 1 aromatic rings. The van der Waals surface area contributed by atoms with Gasteiger partial charge in [0.25, 0.3) is 0 Å². The summed E-state index contributed by atoms with van der Waals surface area (Å²) in [5.41, 5.74) is 2.17. The summed E-state index contributed by atoms with van der Waals surface area (Å²) in [5.74, 6) is 0.428. The van der Waals surface area contributed by atoms with Crippen LogP contribution >= 0.6 is 0 Å².